The van der Waals surface area contributed by atoms with Crippen LogP contribution in [0, 0.1) is 0 Å². The Labute approximate surface area is 120 Å². The lowest BCUT2D eigenvalue weighted by atomic mass is 10.3. The van der Waals surface area contributed by atoms with E-state index in [0.717, 1.165) is 28.1 Å². The van der Waals surface area contributed by atoms with Crippen molar-refractivity contribution in [1.29, 1.82) is 0 Å². The summed E-state index contributed by atoms with van der Waals surface area (Å²) in [6.07, 6.45) is 1.30. The topological polar surface area (TPSA) is 52.8 Å². The molecule has 106 valence electrons. The second-order valence-electron chi connectivity index (χ2n) is 4.66. The minimum absolute atomic E-state index is 0.0769. The highest BCUT2D eigenvalue weighted by atomic mass is 32.1. The molecule has 0 atom stereocenters. The van der Waals surface area contributed by atoms with Crippen LogP contribution in [0.1, 0.15) is 19.8 Å². The molecule has 0 unspecified atom stereocenters. The third-order valence-electron chi connectivity index (χ3n) is 3.16. The number of rotatable bonds is 2. The number of hydrogen-bond acceptors (Lipinski definition) is 4. The van der Waals surface area contributed by atoms with E-state index in [1.807, 2.05) is 30.7 Å². The molecular formula is C14H16N2O3S. The van der Waals surface area contributed by atoms with Crippen LogP contribution >= 0.6 is 11.3 Å². The van der Waals surface area contributed by atoms with Gasteiger partial charge in [0.1, 0.15) is 13.2 Å². The second kappa shape index (κ2) is 5.28. The summed E-state index contributed by atoms with van der Waals surface area (Å²) in [6, 6.07) is 3.90. The molecule has 1 aliphatic heterocycles. The van der Waals surface area contributed by atoms with Crippen molar-refractivity contribution >= 4 is 27.5 Å². The van der Waals surface area contributed by atoms with Crippen molar-refractivity contribution in [2.45, 2.75) is 19.8 Å². The number of aromatic nitrogens is 1. The number of amides is 1. The maximum atomic E-state index is 11.7. The van der Waals surface area contributed by atoms with Crippen LogP contribution in [0.4, 0.5) is 0 Å². The number of carbonyl (C=O) groups is 1. The average molecular weight is 292 g/mol. The molecule has 1 aromatic carbocycles. The second-order valence-corrected chi connectivity index (χ2v) is 5.67. The van der Waals surface area contributed by atoms with Crippen LogP contribution in [0.25, 0.3) is 10.2 Å². The van der Waals surface area contributed by atoms with Gasteiger partial charge in [-0.2, -0.15) is 4.99 Å². The Balaban J connectivity index is 2.12. The third kappa shape index (κ3) is 2.31. The summed E-state index contributed by atoms with van der Waals surface area (Å²) in [5, 5.41) is 0. The SMILES string of the molecule is CCCC(=O)N=c1sc2cc3c(cc2n1C)OCCO3. The lowest BCUT2D eigenvalue weighted by molar-refractivity contribution is -0.118. The minimum Gasteiger partial charge on any atom is -0.486 e. The van der Waals surface area contributed by atoms with Gasteiger partial charge in [-0.05, 0) is 6.42 Å². The molecule has 0 saturated heterocycles. The van der Waals surface area contributed by atoms with E-state index in [2.05, 4.69) is 4.99 Å². The van der Waals surface area contributed by atoms with E-state index >= 15 is 0 Å². The first-order chi connectivity index (χ1) is 9.69. The molecule has 0 fully saturated rings. The van der Waals surface area contributed by atoms with Crippen molar-refractivity contribution in [1.82, 2.24) is 4.57 Å². The molecule has 1 aliphatic rings. The maximum absolute atomic E-state index is 11.7. The fourth-order valence-electron chi connectivity index (χ4n) is 2.15. The standard InChI is InChI=1S/C14H16N2O3S/c1-3-4-13(17)15-14-16(2)9-7-10-11(8-12(9)20-14)19-6-5-18-10/h7-8H,3-6H2,1-2H3. The van der Waals surface area contributed by atoms with E-state index in [0.29, 0.717) is 24.4 Å². The van der Waals surface area contributed by atoms with Gasteiger partial charge < -0.3 is 14.0 Å². The molecule has 3 rings (SSSR count). The van der Waals surface area contributed by atoms with Crippen LogP contribution in [0.15, 0.2) is 17.1 Å². The van der Waals surface area contributed by atoms with Crippen molar-refractivity contribution in [2.75, 3.05) is 13.2 Å². The zero-order valence-corrected chi connectivity index (χ0v) is 12.3. The van der Waals surface area contributed by atoms with Gasteiger partial charge in [0.2, 0.25) is 5.91 Å². The van der Waals surface area contributed by atoms with Gasteiger partial charge in [-0.1, -0.05) is 18.3 Å². The molecule has 0 radical (unpaired) electrons. The predicted molar refractivity (Wildman–Crippen MR) is 77.3 cm³/mol. The van der Waals surface area contributed by atoms with Crippen molar-refractivity contribution in [3.8, 4) is 11.5 Å². The molecule has 5 nitrogen and oxygen atoms in total. The fraction of sp³-hybridized carbons (Fsp3) is 0.429. The van der Waals surface area contributed by atoms with Crippen LogP contribution in [-0.2, 0) is 11.8 Å². The molecule has 0 bridgehead atoms. The summed E-state index contributed by atoms with van der Waals surface area (Å²) in [7, 11) is 1.91. The minimum atomic E-state index is -0.0769. The zero-order chi connectivity index (χ0) is 14.1. The average Bonchev–Trinajstić information content (AvgIpc) is 2.73. The highest BCUT2D eigenvalue weighted by Crippen LogP contribution is 2.35. The van der Waals surface area contributed by atoms with E-state index in [4.69, 9.17) is 9.47 Å². The first-order valence-corrected chi connectivity index (χ1v) is 7.47. The van der Waals surface area contributed by atoms with Crippen LogP contribution in [0.2, 0.25) is 0 Å². The quantitative estimate of drug-likeness (QED) is 0.853. The largest absolute Gasteiger partial charge is 0.486 e. The Morgan fingerprint density at radius 1 is 1.35 bits per heavy atom. The zero-order valence-electron chi connectivity index (χ0n) is 11.5. The predicted octanol–water partition coefficient (Wildman–Crippen LogP) is 2.24. The van der Waals surface area contributed by atoms with Gasteiger partial charge in [-0.15, -0.1) is 0 Å². The Hall–Kier alpha value is -1.82. The summed E-state index contributed by atoms with van der Waals surface area (Å²) in [5.74, 6) is 1.44. The van der Waals surface area contributed by atoms with Gasteiger partial charge >= 0.3 is 0 Å². The number of hydrogen-bond donors (Lipinski definition) is 0. The molecule has 1 amide bonds. The molecule has 1 aromatic heterocycles. The van der Waals surface area contributed by atoms with Gasteiger partial charge in [0, 0.05) is 25.6 Å². The van der Waals surface area contributed by atoms with Gasteiger partial charge in [-0.25, -0.2) is 0 Å². The number of ether oxygens (including phenoxy) is 2. The number of carbonyl (C=O) groups excluding carboxylic acids is 1. The van der Waals surface area contributed by atoms with Crippen LogP contribution in [0.5, 0.6) is 11.5 Å². The number of fused-ring (bicyclic) bond motifs is 2. The molecule has 6 heteroatoms. The Morgan fingerprint density at radius 2 is 2.05 bits per heavy atom. The smallest absolute Gasteiger partial charge is 0.248 e. The number of benzene rings is 1. The van der Waals surface area contributed by atoms with Crippen molar-refractivity contribution in [2.24, 2.45) is 12.0 Å². The summed E-state index contributed by atoms with van der Waals surface area (Å²) in [4.78, 5) is 16.6. The summed E-state index contributed by atoms with van der Waals surface area (Å²) in [5.41, 5.74) is 1.00. The fourth-order valence-corrected chi connectivity index (χ4v) is 3.19. The van der Waals surface area contributed by atoms with Crippen LogP contribution < -0.4 is 14.3 Å². The van der Waals surface area contributed by atoms with Gasteiger partial charge in [0.25, 0.3) is 0 Å². The van der Waals surface area contributed by atoms with Gasteiger partial charge in [-0.3, -0.25) is 4.79 Å². The van der Waals surface area contributed by atoms with Crippen molar-refractivity contribution in [3.05, 3.63) is 16.9 Å². The summed E-state index contributed by atoms with van der Waals surface area (Å²) in [6.45, 7) is 3.11. The van der Waals surface area contributed by atoms with E-state index < -0.39 is 0 Å². The normalized spacial score (nSPS) is 14.8. The van der Waals surface area contributed by atoms with E-state index in [-0.39, 0.29) is 5.91 Å². The molecule has 0 aliphatic carbocycles. The van der Waals surface area contributed by atoms with Crippen LogP contribution in [0.3, 0.4) is 0 Å². The third-order valence-corrected chi connectivity index (χ3v) is 4.25. The molecular weight excluding hydrogens is 276 g/mol. The lowest BCUT2D eigenvalue weighted by Gasteiger charge is -2.18. The molecule has 0 N–H and O–H groups in total. The highest BCUT2D eigenvalue weighted by Gasteiger charge is 2.15. The monoisotopic (exact) mass is 292 g/mol. The molecule has 0 saturated carbocycles. The maximum Gasteiger partial charge on any atom is 0.248 e. The van der Waals surface area contributed by atoms with Gasteiger partial charge in [0.05, 0.1) is 10.2 Å². The number of aryl methyl sites for hydroxylation is 1. The number of thiazole rings is 1. The van der Waals surface area contributed by atoms with Gasteiger partial charge in [0.15, 0.2) is 16.3 Å². The van der Waals surface area contributed by atoms with E-state index in [1.165, 1.54) is 11.3 Å². The first kappa shape index (κ1) is 13.2. The number of nitrogens with zero attached hydrogens (tertiary/aromatic N) is 2. The Kier molecular flexibility index (Phi) is 3.48. The highest BCUT2D eigenvalue weighted by molar-refractivity contribution is 7.16. The molecule has 2 aromatic rings. The summed E-state index contributed by atoms with van der Waals surface area (Å²) >= 11 is 1.49. The molecule has 20 heavy (non-hydrogen) atoms. The van der Waals surface area contributed by atoms with E-state index in [1.54, 1.807) is 0 Å². The Bertz CT molecular complexity index is 730. The summed E-state index contributed by atoms with van der Waals surface area (Å²) < 4.78 is 14.1. The molecule has 2 heterocycles. The van der Waals surface area contributed by atoms with Crippen molar-refractivity contribution in [3.63, 3.8) is 0 Å². The first-order valence-electron chi connectivity index (χ1n) is 6.65. The van der Waals surface area contributed by atoms with Crippen molar-refractivity contribution < 1.29 is 14.3 Å². The Morgan fingerprint density at radius 3 is 2.75 bits per heavy atom. The lowest BCUT2D eigenvalue weighted by Crippen LogP contribution is -2.15. The van der Waals surface area contributed by atoms with E-state index in [9.17, 15) is 4.79 Å². The molecule has 0 spiro atoms. The van der Waals surface area contributed by atoms with Crippen LogP contribution in [-0.4, -0.2) is 23.7 Å².